The Morgan fingerprint density at radius 1 is 0.824 bits per heavy atom. The lowest BCUT2D eigenvalue weighted by atomic mass is 10.1. The van der Waals surface area contributed by atoms with Gasteiger partial charge in [0.15, 0.2) is 17.1 Å². The maximum atomic E-state index is 12.8. The molecule has 0 spiro atoms. The third kappa shape index (κ3) is 4.68. The van der Waals surface area contributed by atoms with Crippen molar-refractivity contribution in [3.8, 4) is 34.5 Å². The minimum absolute atomic E-state index is 0.199. The van der Waals surface area contributed by atoms with Crippen LogP contribution in [0.2, 0.25) is 0 Å². The summed E-state index contributed by atoms with van der Waals surface area (Å²) in [5.41, 5.74) is 1.30. The van der Waals surface area contributed by atoms with Gasteiger partial charge in [-0.25, -0.2) is 4.79 Å². The number of methoxy groups -OCH3 is 4. The van der Waals surface area contributed by atoms with E-state index in [1.807, 2.05) is 18.2 Å². The molecule has 0 aliphatic carbocycles. The standard InChI is InChI=1S/C25H23NO8/c1-28-16-6-5-7-17(12-16)32-14-20-19-9-8-18(13-21(19)34-26-20)33-25(27)15-10-22(29-2)24(31-4)23(11-15)30-3/h5-13H,14H2,1-4H3. The fourth-order valence-corrected chi connectivity index (χ4v) is 3.35. The largest absolute Gasteiger partial charge is 0.497 e. The molecule has 0 atom stereocenters. The molecule has 0 amide bonds. The van der Waals surface area contributed by atoms with Crippen LogP contribution in [0.15, 0.2) is 59.1 Å². The van der Waals surface area contributed by atoms with E-state index in [4.69, 9.17) is 32.9 Å². The molecule has 0 bridgehead atoms. The van der Waals surface area contributed by atoms with Crippen molar-refractivity contribution in [1.82, 2.24) is 5.16 Å². The van der Waals surface area contributed by atoms with Crippen LogP contribution in [0.5, 0.6) is 34.5 Å². The van der Waals surface area contributed by atoms with Crippen LogP contribution in [0.1, 0.15) is 16.1 Å². The van der Waals surface area contributed by atoms with Crippen molar-refractivity contribution >= 4 is 16.9 Å². The number of ether oxygens (including phenoxy) is 6. The summed E-state index contributed by atoms with van der Waals surface area (Å²) in [7, 11) is 6.02. The van der Waals surface area contributed by atoms with Gasteiger partial charge in [-0.1, -0.05) is 11.2 Å². The van der Waals surface area contributed by atoms with E-state index in [0.717, 1.165) is 5.39 Å². The predicted molar refractivity (Wildman–Crippen MR) is 122 cm³/mol. The van der Waals surface area contributed by atoms with Gasteiger partial charge in [-0.15, -0.1) is 0 Å². The lowest BCUT2D eigenvalue weighted by molar-refractivity contribution is 0.0734. The number of carbonyl (C=O) groups is 1. The van der Waals surface area contributed by atoms with Crippen LogP contribution >= 0.6 is 0 Å². The number of fused-ring (bicyclic) bond motifs is 1. The van der Waals surface area contributed by atoms with Gasteiger partial charge in [0.1, 0.15) is 29.5 Å². The first kappa shape index (κ1) is 22.8. The molecule has 1 aromatic heterocycles. The molecule has 0 radical (unpaired) electrons. The molecular formula is C25H23NO8. The van der Waals surface area contributed by atoms with Crippen LogP contribution in [0.3, 0.4) is 0 Å². The lowest BCUT2D eigenvalue weighted by Crippen LogP contribution is -2.09. The van der Waals surface area contributed by atoms with Crippen molar-refractivity contribution in [1.29, 1.82) is 0 Å². The minimum Gasteiger partial charge on any atom is -0.497 e. The van der Waals surface area contributed by atoms with Crippen LogP contribution in [-0.2, 0) is 6.61 Å². The highest BCUT2D eigenvalue weighted by Gasteiger charge is 2.19. The summed E-state index contributed by atoms with van der Waals surface area (Å²) in [4.78, 5) is 12.8. The van der Waals surface area contributed by atoms with Gasteiger partial charge in [-0.3, -0.25) is 0 Å². The van der Waals surface area contributed by atoms with Gasteiger partial charge in [0.05, 0.1) is 34.0 Å². The third-order valence-electron chi connectivity index (χ3n) is 5.05. The fraction of sp³-hybridized carbons (Fsp3) is 0.200. The summed E-state index contributed by atoms with van der Waals surface area (Å²) >= 11 is 0. The van der Waals surface area contributed by atoms with Crippen molar-refractivity contribution in [2.24, 2.45) is 0 Å². The molecule has 0 aliphatic rings. The van der Waals surface area contributed by atoms with Crippen molar-refractivity contribution in [3.05, 3.63) is 65.9 Å². The summed E-state index contributed by atoms with van der Waals surface area (Å²) < 4.78 is 37.8. The molecule has 34 heavy (non-hydrogen) atoms. The van der Waals surface area contributed by atoms with Crippen LogP contribution in [0, 0.1) is 0 Å². The van der Waals surface area contributed by atoms with Crippen LogP contribution in [0.25, 0.3) is 11.0 Å². The molecule has 0 unspecified atom stereocenters. The molecule has 0 N–H and O–H groups in total. The van der Waals surface area contributed by atoms with Gasteiger partial charge in [0.25, 0.3) is 0 Å². The number of esters is 1. The van der Waals surface area contributed by atoms with Gasteiger partial charge in [-0.2, -0.15) is 0 Å². The summed E-state index contributed by atoms with van der Waals surface area (Å²) in [6, 6.07) is 15.3. The first-order valence-corrected chi connectivity index (χ1v) is 10.2. The normalized spacial score (nSPS) is 10.6. The van der Waals surface area contributed by atoms with E-state index in [1.165, 1.54) is 33.5 Å². The zero-order valence-corrected chi connectivity index (χ0v) is 19.1. The Hall–Kier alpha value is -4.40. The Morgan fingerprint density at radius 3 is 2.24 bits per heavy atom. The van der Waals surface area contributed by atoms with Crippen LogP contribution in [-0.4, -0.2) is 39.6 Å². The first-order chi connectivity index (χ1) is 16.6. The zero-order chi connectivity index (χ0) is 24.1. The molecule has 176 valence electrons. The summed E-state index contributed by atoms with van der Waals surface area (Å²) in [6.45, 7) is 0.199. The zero-order valence-electron chi connectivity index (χ0n) is 19.1. The quantitative estimate of drug-likeness (QED) is 0.258. The van der Waals surface area contributed by atoms with E-state index in [1.54, 1.807) is 31.4 Å². The fourth-order valence-electron chi connectivity index (χ4n) is 3.35. The molecule has 0 fully saturated rings. The van der Waals surface area contributed by atoms with E-state index in [-0.39, 0.29) is 12.2 Å². The second-order valence-electron chi connectivity index (χ2n) is 7.06. The van der Waals surface area contributed by atoms with Gasteiger partial charge >= 0.3 is 5.97 Å². The van der Waals surface area contributed by atoms with E-state index < -0.39 is 5.97 Å². The smallest absolute Gasteiger partial charge is 0.343 e. The van der Waals surface area contributed by atoms with E-state index in [2.05, 4.69) is 5.16 Å². The molecule has 3 aromatic carbocycles. The van der Waals surface area contributed by atoms with E-state index in [9.17, 15) is 4.79 Å². The predicted octanol–water partition coefficient (Wildman–Crippen LogP) is 4.66. The average Bonchev–Trinajstić information content (AvgIpc) is 3.28. The number of aromatic nitrogens is 1. The summed E-state index contributed by atoms with van der Waals surface area (Å²) in [5, 5.41) is 4.82. The van der Waals surface area contributed by atoms with E-state index in [0.29, 0.717) is 45.8 Å². The molecular weight excluding hydrogens is 442 g/mol. The second-order valence-corrected chi connectivity index (χ2v) is 7.06. The molecule has 9 nitrogen and oxygen atoms in total. The summed E-state index contributed by atoms with van der Waals surface area (Å²) in [5.74, 6) is 2.11. The van der Waals surface area contributed by atoms with Gasteiger partial charge in [-0.05, 0) is 36.4 Å². The minimum atomic E-state index is -0.597. The Kier molecular flexibility index (Phi) is 6.72. The van der Waals surface area contributed by atoms with Gasteiger partial charge < -0.3 is 32.9 Å². The highest BCUT2D eigenvalue weighted by molar-refractivity contribution is 5.93. The number of rotatable bonds is 9. The molecule has 1 heterocycles. The molecule has 4 aromatic rings. The van der Waals surface area contributed by atoms with Crippen molar-refractivity contribution in [3.63, 3.8) is 0 Å². The number of benzene rings is 3. The molecule has 0 aliphatic heterocycles. The maximum absolute atomic E-state index is 12.8. The second kappa shape index (κ2) is 10.0. The Morgan fingerprint density at radius 2 is 1.56 bits per heavy atom. The first-order valence-electron chi connectivity index (χ1n) is 10.2. The summed E-state index contributed by atoms with van der Waals surface area (Å²) in [6.07, 6.45) is 0. The van der Waals surface area contributed by atoms with Gasteiger partial charge in [0.2, 0.25) is 5.75 Å². The third-order valence-corrected chi connectivity index (χ3v) is 5.05. The van der Waals surface area contributed by atoms with Crippen molar-refractivity contribution < 1.29 is 37.7 Å². The number of carbonyl (C=O) groups excluding carboxylic acids is 1. The lowest BCUT2D eigenvalue weighted by Gasteiger charge is -2.13. The molecule has 9 heteroatoms. The maximum Gasteiger partial charge on any atom is 0.343 e. The average molecular weight is 465 g/mol. The van der Waals surface area contributed by atoms with Crippen molar-refractivity contribution in [2.75, 3.05) is 28.4 Å². The highest BCUT2D eigenvalue weighted by atomic mass is 16.5. The Labute approximate surface area is 195 Å². The Bertz CT molecular complexity index is 1290. The molecule has 0 saturated carbocycles. The number of nitrogens with zero attached hydrogens (tertiary/aromatic N) is 1. The SMILES string of the molecule is COc1cccc(OCc2noc3cc(OC(=O)c4cc(OC)c(OC)c(OC)c4)ccc23)c1. The number of hydrogen-bond acceptors (Lipinski definition) is 9. The Balaban J connectivity index is 1.50. The van der Waals surface area contributed by atoms with E-state index >= 15 is 0 Å². The monoisotopic (exact) mass is 465 g/mol. The highest BCUT2D eigenvalue weighted by Crippen LogP contribution is 2.38. The molecule has 0 saturated heterocycles. The van der Waals surface area contributed by atoms with Crippen LogP contribution < -0.4 is 28.4 Å². The molecule has 4 rings (SSSR count). The van der Waals surface area contributed by atoms with Crippen molar-refractivity contribution in [2.45, 2.75) is 6.61 Å². The topological polar surface area (TPSA) is 98.5 Å². The van der Waals surface area contributed by atoms with Crippen LogP contribution in [0.4, 0.5) is 0 Å². The van der Waals surface area contributed by atoms with Gasteiger partial charge in [0, 0.05) is 17.5 Å². The number of hydrogen-bond donors (Lipinski definition) is 0.